The van der Waals surface area contributed by atoms with Crippen molar-refractivity contribution in [2.24, 2.45) is 0 Å². The van der Waals surface area contributed by atoms with Gasteiger partial charge in [-0.25, -0.2) is 4.68 Å². The first-order valence-electron chi connectivity index (χ1n) is 7.92. The molecule has 0 aliphatic heterocycles. The quantitative estimate of drug-likeness (QED) is 0.693. The normalized spacial score (nSPS) is 17.6. The number of nitrogens with zero attached hydrogens (tertiary/aromatic N) is 3. The van der Waals surface area contributed by atoms with Crippen LogP contribution in [0.4, 0.5) is 0 Å². The zero-order chi connectivity index (χ0) is 14.8. The molecular weight excluding hydrogens is 290 g/mol. The second kappa shape index (κ2) is 5.76. The predicted octanol–water partition coefficient (Wildman–Crippen LogP) is 4.84. The van der Waals surface area contributed by atoms with Gasteiger partial charge in [0.1, 0.15) is 10.4 Å². The Balaban J connectivity index is 1.80. The molecule has 1 saturated carbocycles. The molecule has 1 heterocycles. The lowest BCUT2D eigenvalue weighted by molar-refractivity contribution is 0.290. The number of hydrogen-bond acceptors (Lipinski definition) is 3. The number of hydrogen-bond donors (Lipinski definition) is 0. The fourth-order valence-corrected chi connectivity index (χ4v) is 4.79. The number of benzene rings is 2. The predicted molar refractivity (Wildman–Crippen MR) is 90.9 cm³/mol. The summed E-state index contributed by atoms with van der Waals surface area (Å²) in [6.07, 6.45) is 6.14. The van der Waals surface area contributed by atoms with E-state index in [2.05, 4.69) is 57.5 Å². The van der Waals surface area contributed by atoms with Crippen molar-refractivity contribution in [2.75, 3.05) is 0 Å². The van der Waals surface area contributed by atoms with E-state index in [9.17, 15) is 0 Å². The first-order valence-corrected chi connectivity index (χ1v) is 8.74. The minimum absolute atomic E-state index is 0.00426. The molecule has 0 saturated heterocycles. The summed E-state index contributed by atoms with van der Waals surface area (Å²) in [6, 6.07) is 19.0. The Hall–Kier alpha value is -1.81. The average Bonchev–Trinajstić information content (AvgIpc) is 3.01. The summed E-state index contributed by atoms with van der Waals surface area (Å²) in [6.45, 7) is 0. The van der Waals surface area contributed by atoms with Crippen molar-refractivity contribution in [3.05, 3.63) is 54.6 Å². The number of aromatic nitrogens is 3. The number of rotatable bonds is 3. The van der Waals surface area contributed by atoms with Crippen molar-refractivity contribution in [1.82, 2.24) is 15.0 Å². The minimum Gasteiger partial charge on any atom is -0.228 e. The van der Waals surface area contributed by atoms with Gasteiger partial charge in [0.15, 0.2) is 0 Å². The molecule has 0 spiro atoms. The van der Waals surface area contributed by atoms with Crippen LogP contribution in [0.15, 0.2) is 59.5 Å². The number of thioether (sulfide) groups is 1. The Morgan fingerprint density at radius 2 is 1.59 bits per heavy atom. The second-order valence-electron chi connectivity index (χ2n) is 5.91. The standard InChI is InChI=1S/C18H19N3S/c1-3-9-15(10-4-1)22-18(13-7-2-8-14-18)21-17-12-6-5-11-16(17)19-20-21/h1,3-6,9-12H,2,7-8,13-14H2. The van der Waals surface area contributed by atoms with Crippen LogP contribution in [0.1, 0.15) is 32.1 Å². The van der Waals surface area contributed by atoms with Crippen LogP contribution in [-0.2, 0) is 4.87 Å². The van der Waals surface area contributed by atoms with E-state index in [1.807, 2.05) is 23.9 Å². The van der Waals surface area contributed by atoms with Gasteiger partial charge < -0.3 is 0 Å². The average molecular weight is 309 g/mol. The lowest BCUT2D eigenvalue weighted by atomic mass is 9.94. The van der Waals surface area contributed by atoms with Crippen molar-refractivity contribution in [2.45, 2.75) is 41.9 Å². The first-order chi connectivity index (χ1) is 10.9. The highest BCUT2D eigenvalue weighted by atomic mass is 32.2. The molecule has 3 nitrogen and oxygen atoms in total. The highest BCUT2D eigenvalue weighted by molar-refractivity contribution is 8.00. The van der Waals surface area contributed by atoms with Gasteiger partial charge in [-0.15, -0.1) is 5.10 Å². The summed E-state index contributed by atoms with van der Waals surface area (Å²) < 4.78 is 2.18. The van der Waals surface area contributed by atoms with Crippen LogP contribution in [-0.4, -0.2) is 15.0 Å². The Kier molecular flexibility index (Phi) is 3.62. The third-order valence-corrected chi connectivity index (χ3v) is 5.89. The zero-order valence-corrected chi connectivity index (χ0v) is 13.3. The molecule has 3 aromatic rings. The van der Waals surface area contributed by atoms with Crippen LogP contribution >= 0.6 is 11.8 Å². The maximum atomic E-state index is 4.53. The molecule has 0 N–H and O–H groups in total. The smallest absolute Gasteiger partial charge is 0.115 e. The van der Waals surface area contributed by atoms with Crippen LogP contribution in [0.3, 0.4) is 0 Å². The molecule has 112 valence electrons. The summed E-state index contributed by atoms with van der Waals surface area (Å²) in [5.74, 6) is 0. The molecule has 1 aliphatic rings. The molecule has 2 aromatic carbocycles. The van der Waals surface area contributed by atoms with E-state index < -0.39 is 0 Å². The Morgan fingerprint density at radius 3 is 2.41 bits per heavy atom. The largest absolute Gasteiger partial charge is 0.228 e. The van der Waals surface area contributed by atoms with E-state index in [0.717, 1.165) is 23.9 Å². The van der Waals surface area contributed by atoms with E-state index in [1.165, 1.54) is 24.2 Å². The molecule has 1 aromatic heterocycles. The van der Waals surface area contributed by atoms with Gasteiger partial charge in [0.05, 0.1) is 5.52 Å². The molecule has 0 bridgehead atoms. The van der Waals surface area contributed by atoms with Gasteiger partial charge >= 0.3 is 0 Å². The second-order valence-corrected chi connectivity index (χ2v) is 7.35. The van der Waals surface area contributed by atoms with Gasteiger partial charge in [0.2, 0.25) is 0 Å². The molecular formula is C18H19N3S. The SMILES string of the molecule is c1ccc(SC2(n3nnc4ccccc43)CCCCC2)cc1. The van der Waals surface area contributed by atoms with Crippen molar-refractivity contribution in [3.8, 4) is 0 Å². The van der Waals surface area contributed by atoms with Gasteiger partial charge in [-0.3, -0.25) is 0 Å². The van der Waals surface area contributed by atoms with Crippen LogP contribution in [0.2, 0.25) is 0 Å². The summed E-state index contributed by atoms with van der Waals surface area (Å²) in [7, 11) is 0. The molecule has 4 heteroatoms. The fraction of sp³-hybridized carbons (Fsp3) is 0.333. The van der Waals surface area contributed by atoms with Crippen molar-refractivity contribution in [1.29, 1.82) is 0 Å². The number of para-hydroxylation sites is 1. The molecule has 0 atom stereocenters. The van der Waals surface area contributed by atoms with Gasteiger partial charge in [-0.2, -0.15) is 0 Å². The third-order valence-electron chi connectivity index (χ3n) is 4.42. The van der Waals surface area contributed by atoms with Gasteiger partial charge in [0.25, 0.3) is 0 Å². The van der Waals surface area contributed by atoms with E-state index in [-0.39, 0.29) is 4.87 Å². The molecule has 1 aliphatic carbocycles. The first kappa shape index (κ1) is 13.8. The van der Waals surface area contributed by atoms with E-state index in [1.54, 1.807) is 0 Å². The molecule has 22 heavy (non-hydrogen) atoms. The van der Waals surface area contributed by atoms with E-state index in [4.69, 9.17) is 0 Å². The third kappa shape index (κ3) is 2.41. The lowest BCUT2D eigenvalue weighted by Crippen LogP contribution is -2.33. The van der Waals surface area contributed by atoms with Crippen LogP contribution in [0, 0.1) is 0 Å². The molecule has 4 rings (SSSR count). The highest BCUT2D eigenvalue weighted by Crippen LogP contribution is 2.48. The lowest BCUT2D eigenvalue weighted by Gasteiger charge is -2.37. The van der Waals surface area contributed by atoms with Gasteiger partial charge in [0, 0.05) is 4.90 Å². The Morgan fingerprint density at radius 1 is 0.864 bits per heavy atom. The fourth-order valence-electron chi connectivity index (χ4n) is 3.34. The summed E-state index contributed by atoms with van der Waals surface area (Å²) in [5, 5.41) is 8.91. The van der Waals surface area contributed by atoms with Crippen molar-refractivity contribution >= 4 is 22.8 Å². The topological polar surface area (TPSA) is 30.7 Å². The van der Waals surface area contributed by atoms with Crippen molar-refractivity contribution in [3.63, 3.8) is 0 Å². The monoisotopic (exact) mass is 309 g/mol. The maximum Gasteiger partial charge on any atom is 0.115 e. The molecule has 0 radical (unpaired) electrons. The zero-order valence-electron chi connectivity index (χ0n) is 12.5. The maximum absolute atomic E-state index is 4.53. The molecule has 0 amide bonds. The summed E-state index contributed by atoms with van der Waals surface area (Å²) in [5.41, 5.74) is 2.13. The number of fused-ring (bicyclic) bond motifs is 1. The van der Waals surface area contributed by atoms with E-state index in [0.29, 0.717) is 0 Å². The molecule has 0 unspecified atom stereocenters. The molecule has 1 fully saturated rings. The van der Waals surface area contributed by atoms with E-state index >= 15 is 0 Å². The summed E-state index contributed by atoms with van der Waals surface area (Å²) in [4.78, 5) is 1.30. The van der Waals surface area contributed by atoms with Gasteiger partial charge in [-0.1, -0.05) is 66.6 Å². The van der Waals surface area contributed by atoms with Crippen LogP contribution in [0.25, 0.3) is 11.0 Å². The van der Waals surface area contributed by atoms with Crippen LogP contribution in [0.5, 0.6) is 0 Å². The Bertz CT molecular complexity index is 760. The van der Waals surface area contributed by atoms with Gasteiger partial charge in [-0.05, 0) is 37.1 Å². The summed E-state index contributed by atoms with van der Waals surface area (Å²) >= 11 is 1.95. The van der Waals surface area contributed by atoms with Crippen molar-refractivity contribution < 1.29 is 0 Å². The minimum atomic E-state index is -0.00426. The highest BCUT2D eigenvalue weighted by Gasteiger charge is 2.37. The van der Waals surface area contributed by atoms with Crippen LogP contribution < -0.4 is 0 Å². The Labute approximate surface area is 134 Å².